The summed E-state index contributed by atoms with van der Waals surface area (Å²) in [6.45, 7) is 0.826. The molecule has 1 saturated heterocycles. The number of fused-ring (bicyclic) bond motifs is 2. The summed E-state index contributed by atoms with van der Waals surface area (Å²) in [5.41, 5.74) is -0.567. The van der Waals surface area contributed by atoms with Gasteiger partial charge in [-0.2, -0.15) is 0 Å². The summed E-state index contributed by atoms with van der Waals surface area (Å²) in [6.07, 6.45) is 2.59. The van der Waals surface area contributed by atoms with Crippen LogP contribution in [0.4, 0.5) is 0 Å². The molecule has 216 valence electrons. The molecule has 43 heavy (non-hydrogen) atoms. The van der Waals surface area contributed by atoms with Gasteiger partial charge in [0.15, 0.2) is 0 Å². The number of carbonyl (C=O) groups excluding carboxylic acids is 5. The molecule has 14 nitrogen and oxygen atoms in total. The Balaban J connectivity index is 0.00000423. The maximum Gasteiger partial charge on any atom is 1.00 e. The number of hydrogen-bond acceptors (Lipinski definition) is 11. The number of amides is 3. The number of thioether (sulfide) groups is 1. The molecule has 3 aromatic rings. The van der Waals surface area contributed by atoms with Crippen molar-refractivity contribution in [2.24, 2.45) is 0 Å². The normalized spacial score (nSPS) is 18.1. The fourth-order valence-electron chi connectivity index (χ4n) is 4.60. The second-order valence-corrected chi connectivity index (χ2v) is 10.4. The minimum Gasteiger partial charge on any atom is -0.543 e. The SMILES string of the molecule is CC(=O)OCC1=C(C(=O)[O-])N2C(=O)C(NC(=O)C(NC(=O)c3c[nH]c4cccnc4c3=O)c3ccc(O)cc3)[C@@H]2SC1.[Na+]. The first kappa shape index (κ1) is 31.7. The number of aromatic amines is 1. The second-order valence-electron chi connectivity index (χ2n) is 9.34. The van der Waals surface area contributed by atoms with E-state index in [1.807, 2.05) is 0 Å². The van der Waals surface area contributed by atoms with E-state index < -0.39 is 58.2 Å². The van der Waals surface area contributed by atoms with Crippen molar-refractivity contribution in [1.29, 1.82) is 0 Å². The fourth-order valence-corrected chi connectivity index (χ4v) is 5.93. The van der Waals surface area contributed by atoms with E-state index in [0.717, 1.165) is 23.6 Å². The number of β-lactam (4-membered cyclic amide) rings is 1. The number of pyridine rings is 2. The first-order valence-electron chi connectivity index (χ1n) is 12.4. The van der Waals surface area contributed by atoms with Crippen LogP contribution in [0.2, 0.25) is 0 Å². The molecule has 16 heteroatoms. The molecule has 1 aromatic carbocycles. The minimum atomic E-state index is -1.63. The number of aliphatic carboxylic acids is 1. The van der Waals surface area contributed by atoms with E-state index in [0.29, 0.717) is 5.52 Å². The number of carbonyl (C=O) groups is 5. The third kappa shape index (κ3) is 6.29. The van der Waals surface area contributed by atoms with E-state index in [1.54, 1.807) is 12.1 Å². The molecule has 0 spiro atoms. The van der Waals surface area contributed by atoms with Gasteiger partial charge < -0.3 is 35.4 Å². The number of hydrogen-bond donors (Lipinski definition) is 4. The molecule has 0 saturated carbocycles. The van der Waals surface area contributed by atoms with Gasteiger partial charge in [0, 0.05) is 30.6 Å². The zero-order valence-corrected chi connectivity index (χ0v) is 25.6. The molecule has 0 aliphatic carbocycles. The van der Waals surface area contributed by atoms with Crippen molar-refractivity contribution >= 4 is 52.5 Å². The van der Waals surface area contributed by atoms with Crippen LogP contribution in [0.5, 0.6) is 5.75 Å². The number of H-pyrrole nitrogens is 1. The van der Waals surface area contributed by atoms with Crippen LogP contribution in [-0.4, -0.2) is 73.4 Å². The Labute approximate surface area is 269 Å². The molecule has 4 heterocycles. The van der Waals surface area contributed by atoms with Gasteiger partial charge in [0.2, 0.25) is 11.3 Å². The average Bonchev–Trinajstić information content (AvgIpc) is 2.97. The number of nitrogens with one attached hydrogen (secondary N) is 3. The molecule has 5 rings (SSSR count). The summed E-state index contributed by atoms with van der Waals surface area (Å²) < 4.78 is 4.90. The molecule has 4 N–H and O–H groups in total. The van der Waals surface area contributed by atoms with Gasteiger partial charge in [-0.05, 0) is 29.8 Å². The van der Waals surface area contributed by atoms with E-state index in [1.165, 1.54) is 36.7 Å². The molecule has 2 aliphatic rings. The van der Waals surface area contributed by atoms with Crippen LogP contribution >= 0.6 is 11.8 Å². The van der Waals surface area contributed by atoms with E-state index in [-0.39, 0.29) is 69.9 Å². The van der Waals surface area contributed by atoms with Crippen molar-refractivity contribution in [1.82, 2.24) is 25.5 Å². The number of aromatic nitrogens is 2. The van der Waals surface area contributed by atoms with Crippen LogP contribution in [0.15, 0.2) is 64.9 Å². The number of carboxylic acids is 1. The Morgan fingerprint density at radius 2 is 1.93 bits per heavy atom. The predicted molar refractivity (Wildman–Crippen MR) is 144 cm³/mol. The summed E-state index contributed by atoms with van der Waals surface area (Å²) >= 11 is 1.15. The number of benzene rings is 1. The first-order chi connectivity index (χ1) is 20.1. The number of rotatable bonds is 8. The number of phenols is 1. The number of carboxylic acid groups (broad SMARTS) is 1. The van der Waals surface area contributed by atoms with Crippen LogP contribution in [-0.2, 0) is 23.9 Å². The third-order valence-electron chi connectivity index (χ3n) is 6.64. The molecule has 1 fully saturated rings. The molecular weight excluding hydrogens is 593 g/mol. The van der Waals surface area contributed by atoms with Crippen molar-refractivity contribution in [3.63, 3.8) is 0 Å². The predicted octanol–water partition coefficient (Wildman–Crippen LogP) is -3.93. The van der Waals surface area contributed by atoms with Gasteiger partial charge in [-0.15, -0.1) is 11.8 Å². The Kier molecular flexibility index (Phi) is 9.59. The van der Waals surface area contributed by atoms with Gasteiger partial charge in [-0.1, -0.05) is 12.1 Å². The van der Waals surface area contributed by atoms with Gasteiger partial charge in [0.05, 0.1) is 17.2 Å². The van der Waals surface area contributed by atoms with Crippen molar-refractivity contribution in [2.45, 2.75) is 24.4 Å². The summed E-state index contributed by atoms with van der Waals surface area (Å²) in [7, 11) is 0. The van der Waals surface area contributed by atoms with Crippen molar-refractivity contribution in [2.75, 3.05) is 12.4 Å². The van der Waals surface area contributed by atoms with E-state index >= 15 is 0 Å². The molecular formula is C27H22N5NaO9S. The molecule has 3 atom stereocenters. The van der Waals surface area contributed by atoms with Gasteiger partial charge >= 0.3 is 35.5 Å². The zero-order valence-electron chi connectivity index (χ0n) is 22.8. The maximum atomic E-state index is 13.5. The molecule has 0 bridgehead atoms. The minimum absolute atomic E-state index is 0. The first-order valence-corrected chi connectivity index (χ1v) is 13.5. The number of esters is 1. The van der Waals surface area contributed by atoms with Gasteiger partial charge in [-0.3, -0.25) is 33.9 Å². The van der Waals surface area contributed by atoms with Crippen molar-refractivity contribution < 1.29 is 68.5 Å². The quantitative estimate of drug-likeness (QED) is 0.109. The third-order valence-corrected chi connectivity index (χ3v) is 7.98. The Bertz CT molecular complexity index is 1730. The van der Waals surface area contributed by atoms with E-state index in [9.17, 15) is 39.0 Å². The molecule has 0 radical (unpaired) electrons. The number of ether oxygens (including phenoxy) is 1. The van der Waals surface area contributed by atoms with Crippen LogP contribution in [0, 0.1) is 0 Å². The van der Waals surface area contributed by atoms with Gasteiger partial charge in [-0.25, -0.2) is 0 Å². The number of phenolic OH excluding ortho intramolecular Hbond substituents is 1. The van der Waals surface area contributed by atoms with Crippen molar-refractivity contribution in [3.8, 4) is 5.75 Å². The topological polar surface area (TPSA) is 211 Å². The largest absolute Gasteiger partial charge is 1.00 e. The van der Waals surface area contributed by atoms with Crippen LogP contribution < -0.4 is 50.7 Å². The zero-order chi connectivity index (χ0) is 30.1. The van der Waals surface area contributed by atoms with Gasteiger partial charge in [0.1, 0.15) is 40.9 Å². The molecule has 3 amide bonds. The van der Waals surface area contributed by atoms with E-state index in [2.05, 4.69) is 20.6 Å². The molecule has 2 aromatic heterocycles. The summed E-state index contributed by atoms with van der Waals surface area (Å²) in [5.74, 6) is -4.74. The summed E-state index contributed by atoms with van der Waals surface area (Å²) in [4.78, 5) is 83.5. The summed E-state index contributed by atoms with van der Waals surface area (Å²) in [6, 6.07) is 6.01. The molecule has 2 aliphatic heterocycles. The average molecular weight is 616 g/mol. The van der Waals surface area contributed by atoms with Gasteiger partial charge in [0.25, 0.3) is 11.8 Å². The maximum absolute atomic E-state index is 13.5. The van der Waals surface area contributed by atoms with Crippen LogP contribution in [0.3, 0.4) is 0 Å². The van der Waals surface area contributed by atoms with E-state index in [4.69, 9.17) is 4.74 Å². The second kappa shape index (κ2) is 13.0. The fraction of sp³-hybridized carbons (Fsp3) is 0.222. The monoisotopic (exact) mass is 615 g/mol. The number of nitrogens with zero attached hydrogens (tertiary/aromatic N) is 2. The standard InChI is InChI=1S/C27H23N5O9S.Na/c1-12(33)41-10-14-11-42-26-20(25(38)32(26)21(14)27(39)40)31-24(37)18(13-4-6-15(34)7-5-13)30-23(36)16-9-29-17-3-2-8-28-19(17)22(16)35;/h2-9,18,20,26,34H,10-11H2,1H3,(H,29,35)(H,30,36)(H,31,37)(H,39,40);/q;+1/p-1/t18?,20?,26-;/m0./s1. The van der Waals surface area contributed by atoms with Crippen molar-refractivity contribution in [3.05, 3.63) is 81.4 Å². The smallest absolute Gasteiger partial charge is 0.543 e. The Morgan fingerprint density at radius 1 is 1.21 bits per heavy atom. The van der Waals surface area contributed by atoms with Crippen LogP contribution in [0.25, 0.3) is 11.0 Å². The summed E-state index contributed by atoms with van der Waals surface area (Å²) in [5, 5.41) is 25.8. The Morgan fingerprint density at radius 3 is 2.60 bits per heavy atom. The Hall–Kier alpha value is -4.18. The number of aromatic hydroxyl groups is 1. The van der Waals surface area contributed by atoms with Crippen LogP contribution in [0.1, 0.15) is 28.9 Å². The molecule has 2 unspecified atom stereocenters.